The van der Waals surface area contributed by atoms with Crippen LogP contribution in [-0.2, 0) is 4.79 Å². The number of rotatable bonds is 7. The molecule has 1 N–H and O–H groups in total. The Labute approximate surface area is 148 Å². The molecule has 4 heteroatoms. The SMILES string of the molecule is Cc1ccc(OCCS[C@H](C)C(=O)Nc2cc(C)ccc2C)cc1. The largest absolute Gasteiger partial charge is 0.493 e. The smallest absolute Gasteiger partial charge is 0.237 e. The van der Waals surface area contributed by atoms with Gasteiger partial charge in [-0.25, -0.2) is 0 Å². The molecule has 3 nitrogen and oxygen atoms in total. The van der Waals surface area contributed by atoms with E-state index in [1.54, 1.807) is 11.8 Å². The molecule has 0 unspecified atom stereocenters. The molecule has 2 aromatic rings. The molecule has 128 valence electrons. The molecule has 0 spiro atoms. The van der Waals surface area contributed by atoms with Crippen molar-refractivity contribution in [3.05, 3.63) is 59.2 Å². The number of hydrogen-bond acceptors (Lipinski definition) is 3. The van der Waals surface area contributed by atoms with Crippen molar-refractivity contribution in [3.8, 4) is 5.75 Å². The first-order valence-electron chi connectivity index (χ1n) is 8.15. The van der Waals surface area contributed by atoms with E-state index in [1.807, 2.05) is 63.2 Å². The van der Waals surface area contributed by atoms with Crippen LogP contribution in [0.5, 0.6) is 5.75 Å². The third kappa shape index (κ3) is 5.60. The van der Waals surface area contributed by atoms with Crippen LogP contribution >= 0.6 is 11.8 Å². The lowest BCUT2D eigenvalue weighted by Gasteiger charge is -2.14. The quantitative estimate of drug-likeness (QED) is 0.737. The highest BCUT2D eigenvalue weighted by atomic mass is 32.2. The van der Waals surface area contributed by atoms with Crippen LogP contribution in [0.2, 0.25) is 0 Å². The van der Waals surface area contributed by atoms with Gasteiger partial charge in [0.05, 0.1) is 11.9 Å². The fraction of sp³-hybridized carbons (Fsp3) is 0.350. The van der Waals surface area contributed by atoms with Crippen LogP contribution in [0.1, 0.15) is 23.6 Å². The summed E-state index contributed by atoms with van der Waals surface area (Å²) in [5.74, 6) is 1.67. The number of carbonyl (C=O) groups excluding carboxylic acids is 1. The lowest BCUT2D eigenvalue weighted by atomic mass is 10.1. The Kier molecular flexibility index (Phi) is 6.73. The maximum Gasteiger partial charge on any atom is 0.237 e. The number of aryl methyl sites for hydroxylation is 3. The summed E-state index contributed by atoms with van der Waals surface area (Å²) in [7, 11) is 0. The second kappa shape index (κ2) is 8.78. The Morgan fingerprint density at radius 3 is 2.46 bits per heavy atom. The summed E-state index contributed by atoms with van der Waals surface area (Å²) >= 11 is 1.60. The van der Waals surface area contributed by atoms with Gasteiger partial charge in [-0.15, -0.1) is 11.8 Å². The number of amides is 1. The van der Waals surface area contributed by atoms with E-state index in [-0.39, 0.29) is 11.2 Å². The monoisotopic (exact) mass is 343 g/mol. The molecule has 0 saturated carbocycles. The molecule has 24 heavy (non-hydrogen) atoms. The summed E-state index contributed by atoms with van der Waals surface area (Å²) in [4.78, 5) is 12.3. The van der Waals surface area contributed by atoms with E-state index in [2.05, 4.69) is 12.2 Å². The Hall–Kier alpha value is -1.94. The highest BCUT2D eigenvalue weighted by Gasteiger charge is 2.14. The van der Waals surface area contributed by atoms with E-state index >= 15 is 0 Å². The average Bonchev–Trinajstić information content (AvgIpc) is 2.56. The fourth-order valence-electron chi connectivity index (χ4n) is 2.20. The van der Waals surface area contributed by atoms with Gasteiger partial charge in [-0.3, -0.25) is 4.79 Å². The number of nitrogens with one attached hydrogen (secondary N) is 1. The van der Waals surface area contributed by atoms with Gasteiger partial charge in [0.2, 0.25) is 5.91 Å². The zero-order valence-corrected chi connectivity index (χ0v) is 15.6. The van der Waals surface area contributed by atoms with Crippen molar-refractivity contribution in [2.24, 2.45) is 0 Å². The van der Waals surface area contributed by atoms with Crippen molar-refractivity contribution < 1.29 is 9.53 Å². The van der Waals surface area contributed by atoms with Crippen LogP contribution in [0.3, 0.4) is 0 Å². The third-order valence-electron chi connectivity index (χ3n) is 3.76. The topological polar surface area (TPSA) is 38.3 Å². The van der Waals surface area contributed by atoms with Gasteiger partial charge >= 0.3 is 0 Å². The molecule has 0 aliphatic carbocycles. The van der Waals surface area contributed by atoms with Crippen molar-refractivity contribution in [1.82, 2.24) is 0 Å². The molecule has 0 aliphatic rings. The first kappa shape index (κ1) is 18.4. The van der Waals surface area contributed by atoms with Crippen molar-refractivity contribution in [2.45, 2.75) is 32.9 Å². The van der Waals surface area contributed by atoms with Crippen LogP contribution in [-0.4, -0.2) is 23.5 Å². The van der Waals surface area contributed by atoms with Crippen LogP contribution < -0.4 is 10.1 Å². The molecule has 1 amide bonds. The summed E-state index contributed by atoms with van der Waals surface area (Å²) in [5.41, 5.74) is 4.33. The molecule has 0 heterocycles. The maximum absolute atomic E-state index is 12.3. The third-order valence-corrected chi connectivity index (χ3v) is 4.88. The molecule has 0 radical (unpaired) electrons. The van der Waals surface area contributed by atoms with Crippen LogP contribution in [0.25, 0.3) is 0 Å². The minimum Gasteiger partial charge on any atom is -0.493 e. The molecule has 2 rings (SSSR count). The van der Waals surface area contributed by atoms with E-state index in [9.17, 15) is 4.79 Å². The van der Waals surface area contributed by atoms with Crippen LogP contribution in [0.4, 0.5) is 5.69 Å². The van der Waals surface area contributed by atoms with Gasteiger partial charge in [-0.05, 0) is 57.0 Å². The normalized spacial score (nSPS) is 11.8. The Morgan fingerprint density at radius 2 is 1.75 bits per heavy atom. The lowest BCUT2D eigenvalue weighted by molar-refractivity contribution is -0.115. The average molecular weight is 343 g/mol. The van der Waals surface area contributed by atoms with Gasteiger partial charge in [0.1, 0.15) is 5.75 Å². The molecule has 0 fully saturated rings. The summed E-state index contributed by atoms with van der Waals surface area (Å²) in [6, 6.07) is 14.1. The zero-order valence-electron chi connectivity index (χ0n) is 14.8. The predicted octanol–water partition coefficient (Wildman–Crippen LogP) is 4.75. The van der Waals surface area contributed by atoms with E-state index in [1.165, 1.54) is 5.56 Å². The van der Waals surface area contributed by atoms with E-state index in [4.69, 9.17) is 4.74 Å². The van der Waals surface area contributed by atoms with E-state index in [0.717, 1.165) is 28.3 Å². The number of anilines is 1. The number of ether oxygens (including phenoxy) is 1. The lowest BCUT2D eigenvalue weighted by Crippen LogP contribution is -2.23. The molecule has 1 atom stereocenters. The van der Waals surface area contributed by atoms with Gasteiger partial charge in [-0.2, -0.15) is 0 Å². The molecule has 0 aliphatic heterocycles. The minimum absolute atomic E-state index is 0.0315. The number of benzene rings is 2. The minimum atomic E-state index is -0.119. The Morgan fingerprint density at radius 1 is 1.08 bits per heavy atom. The van der Waals surface area contributed by atoms with Crippen LogP contribution in [0.15, 0.2) is 42.5 Å². The summed E-state index contributed by atoms with van der Waals surface area (Å²) < 4.78 is 5.69. The van der Waals surface area contributed by atoms with Gasteiger partial charge < -0.3 is 10.1 Å². The second-order valence-corrected chi connectivity index (χ2v) is 7.43. The molecule has 0 saturated heterocycles. The Balaban J connectivity index is 1.75. The molecule has 0 aromatic heterocycles. The maximum atomic E-state index is 12.3. The first-order chi connectivity index (χ1) is 11.5. The summed E-state index contributed by atoms with van der Waals surface area (Å²) in [5, 5.41) is 2.90. The summed E-state index contributed by atoms with van der Waals surface area (Å²) in [6.07, 6.45) is 0. The van der Waals surface area contributed by atoms with Gasteiger partial charge in [0, 0.05) is 11.4 Å². The predicted molar refractivity (Wildman–Crippen MR) is 103 cm³/mol. The first-order valence-corrected chi connectivity index (χ1v) is 9.20. The zero-order chi connectivity index (χ0) is 17.5. The summed E-state index contributed by atoms with van der Waals surface area (Å²) in [6.45, 7) is 8.60. The number of thioether (sulfide) groups is 1. The molecule has 0 bridgehead atoms. The number of hydrogen-bond donors (Lipinski definition) is 1. The fourth-order valence-corrected chi connectivity index (χ4v) is 2.94. The van der Waals surface area contributed by atoms with E-state index in [0.29, 0.717) is 6.61 Å². The van der Waals surface area contributed by atoms with Gasteiger partial charge in [0.25, 0.3) is 0 Å². The van der Waals surface area contributed by atoms with Gasteiger partial charge in [-0.1, -0.05) is 29.8 Å². The Bertz CT molecular complexity index is 683. The second-order valence-electron chi connectivity index (χ2n) is 5.98. The molecular weight excluding hydrogens is 318 g/mol. The molecule has 2 aromatic carbocycles. The highest BCUT2D eigenvalue weighted by Crippen LogP contribution is 2.19. The van der Waals surface area contributed by atoms with Crippen molar-refractivity contribution in [2.75, 3.05) is 17.7 Å². The molecular formula is C20H25NO2S. The number of carbonyl (C=O) groups is 1. The van der Waals surface area contributed by atoms with Crippen molar-refractivity contribution in [3.63, 3.8) is 0 Å². The highest BCUT2D eigenvalue weighted by molar-refractivity contribution is 8.00. The van der Waals surface area contributed by atoms with Gasteiger partial charge in [0.15, 0.2) is 0 Å². The van der Waals surface area contributed by atoms with Crippen LogP contribution in [0, 0.1) is 20.8 Å². The van der Waals surface area contributed by atoms with Crippen molar-refractivity contribution in [1.29, 1.82) is 0 Å². The standard InChI is InChI=1S/C20H25NO2S/c1-14-6-9-18(10-7-14)23-11-12-24-17(4)20(22)21-19-13-15(2)5-8-16(19)3/h5-10,13,17H,11-12H2,1-4H3,(H,21,22)/t17-/m1/s1. The van der Waals surface area contributed by atoms with E-state index < -0.39 is 0 Å². The van der Waals surface area contributed by atoms with Crippen molar-refractivity contribution >= 4 is 23.4 Å².